The Morgan fingerprint density at radius 2 is 2.21 bits per heavy atom. The van der Waals surface area contributed by atoms with E-state index < -0.39 is 0 Å². The molecule has 0 unspecified atom stereocenters. The number of hydrogen-bond acceptors (Lipinski definition) is 3. The van der Waals surface area contributed by atoms with Crippen molar-refractivity contribution in [2.24, 2.45) is 5.73 Å². The van der Waals surface area contributed by atoms with E-state index in [1.165, 1.54) is 0 Å². The molecule has 0 heterocycles. The lowest BCUT2D eigenvalue weighted by Gasteiger charge is -2.13. The first-order valence-electron chi connectivity index (χ1n) is 4.32. The van der Waals surface area contributed by atoms with Gasteiger partial charge in [0.1, 0.15) is 5.75 Å². The number of rotatable bonds is 4. The zero-order valence-corrected chi connectivity index (χ0v) is 9.04. The van der Waals surface area contributed by atoms with Crippen molar-refractivity contribution in [1.29, 1.82) is 0 Å². The Morgan fingerprint density at radius 1 is 1.50 bits per heavy atom. The molecule has 0 amide bonds. The van der Waals surface area contributed by atoms with Crippen LogP contribution in [0.15, 0.2) is 18.2 Å². The molecule has 14 heavy (non-hydrogen) atoms. The van der Waals surface area contributed by atoms with Crippen molar-refractivity contribution in [3.05, 3.63) is 28.8 Å². The molecule has 3 nitrogen and oxygen atoms in total. The largest absolute Gasteiger partial charge is 0.467 e. The Kier molecular flexibility index (Phi) is 4.20. The van der Waals surface area contributed by atoms with E-state index in [1.54, 1.807) is 25.3 Å². The van der Waals surface area contributed by atoms with Crippen LogP contribution in [0.2, 0.25) is 5.02 Å². The van der Waals surface area contributed by atoms with Gasteiger partial charge in [0.2, 0.25) is 0 Å². The van der Waals surface area contributed by atoms with Crippen molar-refractivity contribution in [3.63, 3.8) is 0 Å². The molecule has 1 atom stereocenters. The van der Waals surface area contributed by atoms with Crippen molar-refractivity contribution in [2.75, 3.05) is 13.9 Å². The van der Waals surface area contributed by atoms with Crippen LogP contribution in [0.25, 0.3) is 0 Å². The summed E-state index contributed by atoms with van der Waals surface area (Å²) in [5, 5.41) is 0.655. The fraction of sp³-hybridized carbons (Fsp3) is 0.400. The average molecular weight is 216 g/mol. The second-order valence-corrected chi connectivity index (χ2v) is 3.46. The minimum atomic E-state index is -0.111. The van der Waals surface area contributed by atoms with E-state index in [0.717, 1.165) is 5.56 Å². The molecule has 78 valence electrons. The maximum Gasteiger partial charge on any atom is 0.188 e. The van der Waals surface area contributed by atoms with Gasteiger partial charge in [0.15, 0.2) is 6.79 Å². The molecular weight excluding hydrogens is 202 g/mol. The van der Waals surface area contributed by atoms with Gasteiger partial charge in [-0.15, -0.1) is 0 Å². The van der Waals surface area contributed by atoms with Gasteiger partial charge in [-0.2, -0.15) is 0 Å². The van der Waals surface area contributed by atoms with Crippen LogP contribution in [-0.2, 0) is 4.74 Å². The van der Waals surface area contributed by atoms with E-state index in [1.807, 2.05) is 6.92 Å². The summed E-state index contributed by atoms with van der Waals surface area (Å²) in [7, 11) is 1.57. The smallest absolute Gasteiger partial charge is 0.188 e. The third-order valence-electron chi connectivity index (χ3n) is 1.79. The SMILES string of the molecule is COCOc1ccc(Cl)cc1[C@H](C)N. The van der Waals surface area contributed by atoms with E-state index in [4.69, 9.17) is 26.8 Å². The van der Waals surface area contributed by atoms with Crippen LogP contribution >= 0.6 is 11.6 Å². The summed E-state index contributed by atoms with van der Waals surface area (Å²) in [5.74, 6) is 0.714. The third-order valence-corrected chi connectivity index (χ3v) is 2.03. The molecule has 0 spiro atoms. The van der Waals surface area contributed by atoms with E-state index in [0.29, 0.717) is 10.8 Å². The van der Waals surface area contributed by atoms with Gasteiger partial charge in [-0.05, 0) is 25.1 Å². The van der Waals surface area contributed by atoms with Gasteiger partial charge in [-0.3, -0.25) is 0 Å². The maximum atomic E-state index is 5.85. The highest BCUT2D eigenvalue weighted by Gasteiger charge is 2.08. The summed E-state index contributed by atoms with van der Waals surface area (Å²) in [6, 6.07) is 5.25. The summed E-state index contributed by atoms with van der Waals surface area (Å²) < 4.78 is 10.2. The van der Waals surface area contributed by atoms with Gasteiger partial charge < -0.3 is 15.2 Å². The number of ether oxygens (including phenoxy) is 2. The summed E-state index contributed by atoms with van der Waals surface area (Å²) in [6.07, 6.45) is 0. The zero-order chi connectivity index (χ0) is 10.6. The monoisotopic (exact) mass is 215 g/mol. The minimum Gasteiger partial charge on any atom is -0.467 e. The summed E-state index contributed by atoms with van der Waals surface area (Å²) >= 11 is 5.85. The standard InChI is InChI=1S/C10H14ClNO2/c1-7(12)9-5-8(11)3-4-10(9)14-6-13-2/h3-5,7H,6,12H2,1-2H3/t7-/m0/s1. The molecule has 0 aliphatic carbocycles. The van der Waals surface area contributed by atoms with Crippen molar-refractivity contribution in [1.82, 2.24) is 0 Å². The van der Waals surface area contributed by atoms with Gasteiger partial charge in [0, 0.05) is 23.7 Å². The first kappa shape index (κ1) is 11.3. The normalized spacial score (nSPS) is 12.6. The lowest BCUT2D eigenvalue weighted by atomic mass is 10.1. The van der Waals surface area contributed by atoms with E-state index in [2.05, 4.69) is 0 Å². The topological polar surface area (TPSA) is 44.5 Å². The Hall–Kier alpha value is -0.770. The van der Waals surface area contributed by atoms with Crippen molar-refractivity contribution >= 4 is 11.6 Å². The maximum absolute atomic E-state index is 5.85. The third kappa shape index (κ3) is 2.87. The van der Waals surface area contributed by atoms with Gasteiger partial charge >= 0.3 is 0 Å². The fourth-order valence-corrected chi connectivity index (χ4v) is 1.31. The average Bonchev–Trinajstić information content (AvgIpc) is 2.15. The number of halogens is 1. The van der Waals surface area contributed by atoms with Crippen molar-refractivity contribution in [3.8, 4) is 5.75 Å². The molecule has 1 aromatic rings. The molecule has 1 rings (SSSR count). The Balaban J connectivity index is 2.90. The molecule has 0 aromatic heterocycles. The molecule has 0 aliphatic rings. The second-order valence-electron chi connectivity index (χ2n) is 3.02. The molecule has 0 fully saturated rings. The molecule has 2 N–H and O–H groups in total. The number of methoxy groups -OCH3 is 1. The lowest BCUT2D eigenvalue weighted by Crippen LogP contribution is -2.09. The highest BCUT2D eigenvalue weighted by atomic mass is 35.5. The van der Waals surface area contributed by atoms with Crippen LogP contribution in [0, 0.1) is 0 Å². The summed E-state index contributed by atoms with van der Waals surface area (Å²) in [6.45, 7) is 2.09. The van der Waals surface area contributed by atoms with Crippen molar-refractivity contribution in [2.45, 2.75) is 13.0 Å². The molecular formula is C10H14ClNO2. The minimum absolute atomic E-state index is 0.111. The molecule has 1 aromatic carbocycles. The molecule has 4 heteroatoms. The fourth-order valence-electron chi connectivity index (χ4n) is 1.13. The Morgan fingerprint density at radius 3 is 2.79 bits per heavy atom. The highest BCUT2D eigenvalue weighted by Crippen LogP contribution is 2.27. The van der Waals surface area contributed by atoms with Gasteiger partial charge in [-0.25, -0.2) is 0 Å². The molecule has 0 radical (unpaired) electrons. The molecule has 0 bridgehead atoms. The molecule has 0 saturated carbocycles. The quantitative estimate of drug-likeness (QED) is 0.785. The van der Waals surface area contributed by atoms with Crippen LogP contribution in [0.5, 0.6) is 5.75 Å². The molecule has 0 saturated heterocycles. The van der Waals surface area contributed by atoms with Crippen LogP contribution < -0.4 is 10.5 Å². The number of hydrogen-bond donors (Lipinski definition) is 1. The van der Waals surface area contributed by atoms with Crippen LogP contribution in [0.1, 0.15) is 18.5 Å². The first-order chi connectivity index (χ1) is 6.65. The first-order valence-corrected chi connectivity index (χ1v) is 4.69. The Bertz CT molecular complexity index is 302. The lowest BCUT2D eigenvalue weighted by molar-refractivity contribution is 0.0502. The highest BCUT2D eigenvalue weighted by molar-refractivity contribution is 6.30. The van der Waals surface area contributed by atoms with E-state index in [9.17, 15) is 0 Å². The van der Waals surface area contributed by atoms with Gasteiger partial charge in [0.05, 0.1) is 0 Å². The van der Waals surface area contributed by atoms with Crippen molar-refractivity contribution < 1.29 is 9.47 Å². The number of benzene rings is 1. The predicted molar refractivity (Wildman–Crippen MR) is 56.6 cm³/mol. The van der Waals surface area contributed by atoms with E-state index in [-0.39, 0.29) is 12.8 Å². The van der Waals surface area contributed by atoms with Gasteiger partial charge in [-0.1, -0.05) is 11.6 Å². The molecule has 0 aliphatic heterocycles. The second kappa shape index (κ2) is 5.20. The van der Waals surface area contributed by atoms with Crippen LogP contribution in [0.4, 0.5) is 0 Å². The van der Waals surface area contributed by atoms with Gasteiger partial charge in [0.25, 0.3) is 0 Å². The summed E-state index contributed by atoms with van der Waals surface area (Å²) in [5.41, 5.74) is 6.66. The van der Waals surface area contributed by atoms with E-state index >= 15 is 0 Å². The van der Waals surface area contributed by atoms with Crippen LogP contribution in [-0.4, -0.2) is 13.9 Å². The zero-order valence-electron chi connectivity index (χ0n) is 8.29. The summed E-state index contributed by atoms with van der Waals surface area (Å²) in [4.78, 5) is 0. The van der Waals surface area contributed by atoms with Crippen LogP contribution in [0.3, 0.4) is 0 Å². The number of nitrogens with two attached hydrogens (primary N) is 1. The Labute approximate surface area is 88.8 Å². The predicted octanol–water partition coefficient (Wildman–Crippen LogP) is 2.34.